The fourth-order valence-electron chi connectivity index (χ4n) is 3.16. The van der Waals surface area contributed by atoms with Crippen molar-refractivity contribution >= 4 is 28.6 Å². The number of aromatic nitrogens is 2. The molecule has 0 atom stereocenters. The third-order valence-electron chi connectivity index (χ3n) is 4.30. The Morgan fingerprint density at radius 2 is 2.09 bits per heavy atom. The maximum Gasteiger partial charge on any atom is 0.265 e. The summed E-state index contributed by atoms with van der Waals surface area (Å²) in [6, 6.07) is 5.91. The van der Waals surface area contributed by atoms with Crippen LogP contribution in [0.25, 0.3) is 5.65 Å². The summed E-state index contributed by atoms with van der Waals surface area (Å²) < 4.78 is 1.94. The molecule has 3 aromatic heterocycles. The van der Waals surface area contributed by atoms with Gasteiger partial charge in [0.25, 0.3) is 5.91 Å². The summed E-state index contributed by atoms with van der Waals surface area (Å²) in [5.41, 5.74) is 4.03. The van der Waals surface area contributed by atoms with Gasteiger partial charge >= 0.3 is 0 Å². The highest BCUT2D eigenvalue weighted by Crippen LogP contribution is 2.29. The predicted molar refractivity (Wildman–Crippen MR) is 93.5 cm³/mol. The Kier molecular flexibility index (Phi) is 3.65. The third-order valence-corrected chi connectivity index (χ3v) is 5.54. The van der Waals surface area contributed by atoms with Gasteiger partial charge < -0.3 is 9.72 Å². The lowest BCUT2D eigenvalue weighted by Gasteiger charge is -2.04. The molecule has 1 aliphatic rings. The van der Waals surface area contributed by atoms with Gasteiger partial charge in [0.1, 0.15) is 5.65 Å². The van der Waals surface area contributed by atoms with Crippen LogP contribution in [-0.4, -0.2) is 15.3 Å². The maximum atomic E-state index is 12.5. The molecule has 3 heterocycles. The number of hydrogen-bond acceptors (Lipinski definition) is 3. The van der Waals surface area contributed by atoms with Gasteiger partial charge in [0.15, 0.2) is 0 Å². The van der Waals surface area contributed by atoms with Gasteiger partial charge in [0, 0.05) is 17.3 Å². The van der Waals surface area contributed by atoms with Gasteiger partial charge in [0.05, 0.1) is 16.3 Å². The van der Waals surface area contributed by atoms with Crippen molar-refractivity contribution in [3.63, 3.8) is 0 Å². The number of imidazole rings is 1. The molecule has 4 nitrogen and oxygen atoms in total. The largest absolute Gasteiger partial charge is 0.320 e. The predicted octanol–water partition coefficient (Wildman–Crippen LogP) is 4.23. The van der Waals surface area contributed by atoms with E-state index in [1.165, 1.54) is 29.7 Å². The number of rotatable bonds is 2. The third kappa shape index (κ3) is 2.88. The molecule has 0 bridgehead atoms. The number of carbonyl (C=O) groups excluding carboxylic acids is 1. The number of pyridine rings is 1. The standard InChI is InChI=1S/C18H19N3OS/c1-12-10-21-11-14(7-8-17(21)19-12)20-18(22)16-9-13-5-3-2-4-6-15(13)23-16/h7-11H,2-6H2,1H3,(H,20,22). The summed E-state index contributed by atoms with van der Waals surface area (Å²) in [5, 5.41) is 3.01. The Labute approximate surface area is 139 Å². The number of amides is 1. The van der Waals surface area contributed by atoms with Gasteiger partial charge in [-0.3, -0.25) is 4.79 Å². The molecule has 0 spiro atoms. The second-order valence-electron chi connectivity index (χ2n) is 6.14. The zero-order chi connectivity index (χ0) is 15.8. The highest BCUT2D eigenvalue weighted by Gasteiger charge is 2.16. The summed E-state index contributed by atoms with van der Waals surface area (Å²) in [4.78, 5) is 19.1. The van der Waals surface area contributed by atoms with Crippen LogP contribution in [-0.2, 0) is 12.8 Å². The number of anilines is 1. The lowest BCUT2D eigenvalue weighted by Crippen LogP contribution is -2.10. The second kappa shape index (κ2) is 5.81. The van der Waals surface area contributed by atoms with Crippen LogP contribution in [0.4, 0.5) is 5.69 Å². The van der Waals surface area contributed by atoms with Crippen molar-refractivity contribution in [3.05, 3.63) is 51.6 Å². The number of nitrogens with one attached hydrogen (secondary N) is 1. The molecule has 0 aliphatic heterocycles. The van der Waals surface area contributed by atoms with E-state index in [4.69, 9.17) is 0 Å². The normalized spacial score (nSPS) is 14.5. The first kappa shape index (κ1) is 14.5. The van der Waals surface area contributed by atoms with E-state index in [1.807, 2.05) is 35.9 Å². The smallest absolute Gasteiger partial charge is 0.265 e. The van der Waals surface area contributed by atoms with Gasteiger partial charge in [-0.15, -0.1) is 11.3 Å². The molecular formula is C18H19N3OS. The Morgan fingerprint density at radius 1 is 1.22 bits per heavy atom. The van der Waals surface area contributed by atoms with Crippen molar-refractivity contribution in [1.29, 1.82) is 0 Å². The lowest BCUT2D eigenvalue weighted by atomic mass is 10.1. The maximum absolute atomic E-state index is 12.5. The number of nitrogens with zero attached hydrogens (tertiary/aromatic N) is 2. The first-order valence-electron chi connectivity index (χ1n) is 8.07. The number of aryl methyl sites for hydroxylation is 3. The number of carbonyl (C=O) groups is 1. The van der Waals surface area contributed by atoms with E-state index in [9.17, 15) is 4.79 Å². The molecule has 118 valence electrons. The molecule has 3 aromatic rings. The highest BCUT2D eigenvalue weighted by atomic mass is 32.1. The summed E-state index contributed by atoms with van der Waals surface area (Å²) >= 11 is 1.65. The van der Waals surface area contributed by atoms with E-state index >= 15 is 0 Å². The number of thiophene rings is 1. The zero-order valence-corrected chi connectivity index (χ0v) is 13.9. The van der Waals surface area contributed by atoms with Crippen LogP contribution in [0.2, 0.25) is 0 Å². The Bertz CT molecular complexity index is 854. The molecule has 23 heavy (non-hydrogen) atoms. The van der Waals surface area contributed by atoms with E-state index in [1.54, 1.807) is 11.3 Å². The zero-order valence-electron chi connectivity index (χ0n) is 13.1. The van der Waals surface area contributed by atoms with Crippen LogP contribution in [0, 0.1) is 6.92 Å². The first-order valence-corrected chi connectivity index (χ1v) is 8.89. The van der Waals surface area contributed by atoms with Crippen LogP contribution in [0.15, 0.2) is 30.6 Å². The summed E-state index contributed by atoms with van der Waals surface area (Å²) in [6.45, 7) is 1.96. The van der Waals surface area contributed by atoms with Crippen molar-refractivity contribution in [1.82, 2.24) is 9.38 Å². The quantitative estimate of drug-likeness (QED) is 0.717. The molecule has 1 aliphatic carbocycles. The summed E-state index contributed by atoms with van der Waals surface area (Å²) in [7, 11) is 0. The fraction of sp³-hybridized carbons (Fsp3) is 0.333. The minimum absolute atomic E-state index is 0.0146. The van der Waals surface area contributed by atoms with Gasteiger partial charge in [-0.05, 0) is 56.4 Å². The van der Waals surface area contributed by atoms with Crippen molar-refractivity contribution in [2.75, 3.05) is 5.32 Å². The van der Waals surface area contributed by atoms with E-state index in [-0.39, 0.29) is 5.91 Å². The van der Waals surface area contributed by atoms with Crippen LogP contribution < -0.4 is 5.32 Å². The average Bonchev–Trinajstić information content (AvgIpc) is 3.03. The van der Waals surface area contributed by atoms with E-state index in [0.717, 1.165) is 34.7 Å². The minimum atomic E-state index is -0.0146. The molecule has 0 unspecified atom stereocenters. The molecule has 0 fully saturated rings. The molecule has 1 N–H and O–H groups in total. The summed E-state index contributed by atoms with van der Waals surface area (Å²) in [6.07, 6.45) is 9.87. The molecule has 5 heteroatoms. The first-order chi connectivity index (χ1) is 11.2. The Balaban J connectivity index is 1.56. The molecular weight excluding hydrogens is 306 g/mol. The topological polar surface area (TPSA) is 46.4 Å². The van der Waals surface area contributed by atoms with Gasteiger partial charge in [0.2, 0.25) is 0 Å². The molecule has 0 radical (unpaired) electrons. The molecule has 4 rings (SSSR count). The van der Waals surface area contributed by atoms with E-state index < -0.39 is 0 Å². The molecule has 0 saturated carbocycles. The SMILES string of the molecule is Cc1cn2cc(NC(=O)c3cc4c(s3)CCCCC4)ccc2n1. The highest BCUT2D eigenvalue weighted by molar-refractivity contribution is 7.14. The summed E-state index contributed by atoms with van der Waals surface area (Å²) in [5.74, 6) is -0.0146. The van der Waals surface area contributed by atoms with Crippen LogP contribution >= 0.6 is 11.3 Å². The number of fused-ring (bicyclic) bond motifs is 2. The molecule has 0 saturated heterocycles. The van der Waals surface area contributed by atoms with Crippen LogP contribution in [0.5, 0.6) is 0 Å². The van der Waals surface area contributed by atoms with Gasteiger partial charge in [-0.25, -0.2) is 4.98 Å². The Hall–Kier alpha value is -2.14. The minimum Gasteiger partial charge on any atom is -0.320 e. The van der Waals surface area contributed by atoms with E-state index in [2.05, 4.69) is 16.4 Å². The second-order valence-corrected chi connectivity index (χ2v) is 7.28. The average molecular weight is 325 g/mol. The van der Waals surface area contributed by atoms with Crippen molar-refractivity contribution in [2.45, 2.75) is 39.0 Å². The van der Waals surface area contributed by atoms with Crippen molar-refractivity contribution < 1.29 is 4.79 Å². The van der Waals surface area contributed by atoms with Crippen LogP contribution in [0.1, 0.15) is 45.1 Å². The van der Waals surface area contributed by atoms with Crippen LogP contribution in [0.3, 0.4) is 0 Å². The van der Waals surface area contributed by atoms with E-state index in [0.29, 0.717) is 0 Å². The van der Waals surface area contributed by atoms with Crippen molar-refractivity contribution in [2.24, 2.45) is 0 Å². The van der Waals surface area contributed by atoms with Gasteiger partial charge in [-0.1, -0.05) is 6.42 Å². The van der Waals surface area contributed by atoms with Gasteiger partial charge in [-0.2, -0.15) is 0 Å². The number of hydrogen-bond donors (Lipinski definition) is 1. The lowest BCUT2D eigenvalue weighted by molar-refractivity contribution is 0.103. The monoisotopic (exact) mass is 325 g/mol. The fourth-order valence-corrected chi connectivity index (χ4v) is 4.31. The molecule has 1 amide bonds. The Morgan fingerprint density at radius 3 is 3.00 bits per heavy atom. The van der Waals surface area contributed by atoms with Crippen molar-refractivity contribution in [3.8, 4) is 0 Å². The molecule has 0 aromatic carbocycles.